The van der Waals surface area contributed by atoms with Gasteiger partial charge >= 0.3 is 0 Å². The summed E-state index contributed by atoms with van der Waals surface area (Å²) in [6, 6.07) is 10.2. The van der Waals surface area contributed by atoms with E-state index in [1.54, 1.807) is 23.0 Å². The molecule has 2 amide bonds. The zero-order chi connectivity index (χ0) is 24.2. The number of ether oxygens (including phenoxy) is 1. The van der Waals surface area contributed by atoms with Crippen LogP contribution >= 0.6 is 0 Å². The topological polar surface area (TPSA) is 122 Å². The van der Waals surface area contributed by atoms with Crippen molar-refractivity contribution in [3.63, 3.8) is 0 Å². The van der Waals surface area contributed by atoms with E-state index in [0.717, 1.165) is 22.4 Å². The second kappa shape index (κ2) is 10.4. The Balaban J connectivity index is 1.69. The average Bonchev–Trinajstić information content (AvgIpc) is 3.18. The van der Waals surface area contributed by atoms with Crippen LogP contribution in [0.5, 0.6) is 0 Å². The van der Waals surface area contributed by atoms with E-state index in [2.05, 4.69) is 5.32 Å². The third kappa shape index (κ3) is 6.17. The molecular weight excluding hydrogens is 444 g/mol. The van der Waals surface area contributed by atoms with E-state index in [4.69, 9.17) is 9.88 Å². The molecule has 0 aromatic heterocycles. The van der Waals surface area contributed by atoms with Crippen molar-refractivity contribution in [1.29, 1.82) is 0 Å². The fourth-order valence-electron chi connectivity index (χ4n) is 3.80. The Hall–Kier alpha value is -2.79. The Morgan fingerprint density at radius 2 is 1.94 bits per heavy atom. The summed E-state index contributed by atoms with van der Waals surface area (Å²) < 4.78 is 28.4. The molecule has 0 unspecified atom stereocenters. The molecule has 0 bridgehead atoms. The molecule has 0 fully saturated rings. The number of nitrogens with one attached hydrogen (secondary N) is 1. The van der Waals surface area contributed by atoms with Gasteiger partial charge in [0.2, 0.25) is 21.8 Å². The predicted octanol–water partition coefficient (Wildman–Crippen LogP) is 1.43. The minimum absolute atomic E-state index is 0.0277. The maximum absolute atomic E-state index is 13.1. The Morgan fingerprint density at radius 1 is 1.18 bits per heavy atom. The van der Waals surface area contributed by atoms with E-state index >= 15 is 0 Å². The molecule has 3 rings (SSSR count). The number of nitrogens with zero attached hydrogens (tertiary/aromatic N) is 2. The molecule has 0 saturated heterocycles. The summed E-state index contributed by atoms with van der Waals surface area (Å²) in [5.74, 6) is -0.389. The normalized spacial score (nSPS) is 13.3. The molecule has 0 radical (unpaired) electrons. The van der Waals surface area contributed by atoms with Gasteiger partial charge in [-0.1, -0.05) is 12.1 Å². The number of hydrogen-bond donors (Lipinski definition) is 2. The Morgan fingerprint density at radius 3 is 2.64 bits per heavy atom. The average molecular weight is 475 g/mol. The molecule has 3 N–H and O–H groups in total. The molecule has 33 heavy (non-hydrogen) atoms. The van der Waals surface area contributed by atoms with Gasteiger partial charge in [0, 0.05) is 31.6 Å². The van der Waals surface area contributed by atoms with Crippen molar-refractivity contribution in [3.8, 4) is 0 Å². The monoisotopic (exact) mass is 474 g/mol. The standard InChI is InChI=1S/C23H30N4O5S/c1-16-5-4-6-20(17(16)2)25-22(28)14-26(11-12-32-3)15-23(29)27-10-9-18-13-19(33(24,30)31)7-8-21(18)27/h4-8,13H,9-12,14-15H2,1-3H3,(H,25,28)(H2,24,30,31). The summed E-state index contributed by atoms with van der Waals surface area (Å²) in [5, 5.41) is 8.13. The van der Waals surface area contributed by atoms with Gasteiger partial charge < -0.3 is 15.0 Å². The SMILES string of the molecule is COCCN(CC(=O)Nc1cccc(C)c1C)CC(=O)N1CCc2cc(S(N)(=O)=O)ccc21. The van der Waals surface area contributed by atoms with Gasteiger partial charge in [-0.25, -0.2) is 13.6 Å². The number of carbonyl (C=O) groups excluding carboxylic acids is 2. The van der Waals surface area contributed by atoms with Crippen LogP contribution < -0.4 is 15.4 Å². The van der Waals surface area contributed by atoms with Crippen molar-refractivity contribution < 1.29 is 22.7 Å². The van der Waals surface area contributed by atoms with Crippen molar-refractivity contribution in [2.45, 2.75) is 25.2 Å². The molecule has 9 nitrogen and oxygen atoms in total. The van der Waals surface area contributed by atoms with Gasteiger partial charge in [-0.15, -0.1) is 0 Å². The quantitative estimate of drug-likeness (QED) is 0.567. The van der Waals surface area contributed by atoms with Crippen LogP contribution in [0.25, 0.3) is 0 Å². The Labute approximate surface area is 194 Å². The highest BCUT2D eigenvalue weighted by molar-refractivity contribution is 7.89. The summed E-state index contributed by atoms with van der Waals surface area (Å²) in [6.45, 7) is 5.21. The molecular formula is C23H30N4O5S. The van der Waals surface area contributed by atoms with E-state index < -0.39 is 10.0 Å². The predicted molar refractivity (Wildman–Crippen MR) is 127 cm³/mol. The molecule has 2 aromatic carbocycles. The van der Waals surface area contributed by atoms with E-state index in [1.807, 2.05) is 32.0 Å². The van der Waals surface area contributed by atoms with Crippen LogP contribution in [0.1, 0.15) is 16.7 Å². The largest absolute Gasteiger partial charge is 0.383 e. The van der Waals surface area contributed by atoms with Crippen molar-refractivity contribution in [1.82, 2.24) is 4.90 Å². The highest BCUT2D eigenvalue weighted by Gasteiger charge is 2.27. The van der Waals surface area contributed by atoms with Gasteiger partial charge in [-0.2, -0.15) is 0 Å². The molecule has 0 spiro atoms. The molecule has 0 atom stereocenters. The number of aryl methyl sites for hydroxylation is 1. The summed E-state index contributed by atoms with van der Waals surface area (Å²) in [6.07, 6.45) is 0.537. The number of sulfonamides is 1. The van der Waals surface area contributed by atoms with Crippen LogP contribution in [0.15, 0.2) is 41.3 Å². The minimum atomic E-state index is -3.81. The van der Waals surface area contributed by atoms with Crippen LogP contribution in [0.4, 0.5) is 11.4 Å². The highest BCUT2D eigenvalue weighted by atomic mass is 32.2. The van der Waals surface area contributed by atoms with Crippen molar-refractivity contribution in [3.05, 3.63) is 53.1 Å². The Kier molecular flexibility index (Phi) is 7.85. The number of amides is 2. The second-order valence-corrected chi connectivity index (χ2v) is 9.69. The summed E-state index contributed by atoms with van der Waals surface area (Å²) in [7, 11) is -2.24. The van der Waals surface area contributed by atoms with Crippen molar-refractivity contribution in [2.75, 3.05) is 50.1 Å². The fourth-order valence-corrected chi connectivity index (χ4v) is 4.37. The number of primary sulfonamides is 1. The number of anilines is 2. The minimum Gasteiger partial charge on any atom is -0.383 e. The number of fused-ring (bicyclic) bond motifs is 1. The van der Waals surface area contributed by atoms with Gasteiger partial charge in [0.15, 0.2) is 0 Å². The van der Waals surface area contributed by atoms with E-state index in [1.165, 1.54) is 12.1 Å². The lowest BCUT2D eigenvalue weighted by molar-refractivity contribution is -0.121. The Bertz CT molecular complexity index is 1150. The molecule has 178 valence electrons. The molecule has 10 heteroatoms. The molecule has 2 aromatic rings. The number of rotatable bonds is 9. The molecule has 1 heterocycles. The maximum atomic E-state index is 13.1. The molecule has 0 aliphatic carbocycles. The van der Waals surface area contributed by atoms with Crippen LogP contribution in [0, 0.1) is 13.8 Å². The number of nitrogens with two attached hydrogens (primary N) is 1. The summed E-state index contributed by atoms with van der Waals surface area (Å²) in [5.41, 5.74) is 4.25. The first kappa shape index (κ1) is 24.8. The second-order valence-electron chi connectivity index (χ2n) is 8.13. The van der Waals surface area contributed by atoms with Gasteiger partial charge in [-0.3, -0.25) is 14.5 Å². The lowest BCUT2D eigenvalue weighted by Gasteiger charge is -2.25. The first-order valence-electron chi connectivity index (χ1n) is 10.6. The van der Waals surface area contributed by atoms with Crippen LogP contribution in [0.3, 0.4) is 0 Å². The first-order chi connectivity index (χ1) is 15.6. The van der Waals surface area contributed by atoms with Gasteiger partial charge in [-0.05, 0) is 61.2 Å². The van der Waals surface area contributed by atoms with Gasteiger partial charge in [0.1, 0.15) is 0 Å². The van der Waals surface area contributed by atoms with E-state index in [0.29, 0.717) is 31.8 Å². The van der Waals surface area contributed by atoms with E-state index in [-0.39, 0.29) is 29.8 Å². The fraction of sp³-hybridized carbons (Fsp3) is 0.391. The summed E-state index contributed by atoms with van der Waals surface area (Å²) in [4.78, 5) is 29.1. The highest BCUT2D eigenvalue weighted by Crippen LogP contribution is 2.30. The number of carbonyl (C=O) groups is 2. The van der Waals surface area contributed by atoms with Gasteiger partial charge in [0.05, 0.1) is 24.6 Å². The lowest BCUT2D eigenvalue weighted by atomic mass is 10.1. The first-order valence-corrected chi connectivity index (χ1v) is 12.2. The number of hydrogen-bond acceptors (Lipinski definition) is 6. The van der Waals surface area contributed by atoms with Crippen molar-refractivity contribution in [2.24, 2.45) is 5.14 Å². The third-order valence-electron chi connectivity index (χ3n) is 5.79. The van der Waals surface area contributed by atoms with Crippen LogP contribution in [-0.2, 0) is 30.8 Å². The zero-order valence-corrected chi connectivity index (χ0v) is 19.9. The van der Waals surface area contributed by atoms with Crippen molar-refractivity contribution >= 4 is 33.2 Å². The molecule has 1 aliphatic heterocycles. The van der Waals surface area contributed by atoms with Crippen LogP contribution in [-0.4, -0.2) is 65.0 Å². The lowest BCUT2D eigenvalue weighted by Crippen LogP contribution is -2.44. The van der Waals surface area contributed by atoms with Gasteiger partial charge in [0.25, 0.3) is 0 Å². The number of benzene rings is 2. The van der Waals surface area contributed by atoms with Crippen LogP contribution in [0.2, 0.25) is 0 Å². The number of methoxy groups -OCH3 is 1. The summed E-state index contributed by atoms with van der Waals surface area (Å²) >= 11 is 0. The molecule has 0 saturated carbocycles. The van der Waals surface area contributed by atoms with E-state index in [9.17, 15) is 18.0 Å². The molecule has 1 aliphatic rings. The maximum Gasteiger partial charge on any atom is 0.241 e. The zero-order valence-electron chi connectivity index (χ0n) is 19.1. The third-order valence-corrected chi connectivity index (χ3v) is 6.70. The smallest absolute Gasteiger partial charge is 0.241 e.